The molecule has 0 aromatic heterocycles. The van der Waals surface area contributed by atoms with E-state index < -0.39 is 0 Å². The molecule has 3 rings (SSSR count). The number of rotatable bonds is 3. The van der Waals surface area contributed by atoms with E-state index in [9.17, 15) is 4.79 Å². The zero-order valence-electron chi connectivity index (χ0n) is 11.4. The summed E-state index contributed by atoms with van der Waals surface area (Å²) < 4.78 is 0. The Bertz CT molecular complexity index is 789. The summed E-state index contributed by atoms with van der Waals surface area (Å²) in [6, 6.07) is 23.1. The van der Waals surface area contributed by atoms with Crippen molar-refractivity contribution in [3.05, 3.63) is 83.9 Å². The molecule has 102 valence electrons. The predicted octanol–water partition coefficient (Wildman–Crippen LogP) is 3.60. The van der Waals surface area contributed by atoms with E-state index in [1.807, 2.05) is 48.5 Å². The van der Waals surface area contributed by atoms with Crippen LogP contribution in [0.25, 0.3) is 10.8 Å². The second-order valence-corrected chi connectivity index (χ2v) is 4.63. The summed E-state index contributed by atoms with van der Waals surface area (Å²) in [5.41, 5.74) is 4.11. The normalized spacial score (nSPS) is 10.9. The smallest absolute Gasteiger partial charge is 0.267 e. The maximum atomic E-state index is 11.9. The van der Waals surface area contributed by atoms with Crippen LogP contribution in [0.4, 0.5) is 0 Å². The van der Waals surface area contributed by atoms with Gasteiger partial charge < -0.3 is 0 Å². The van der Waals surface area contributed by atoms with E-state index in [0.717, 1.165) is 16.3 Å². The molecule has 3 heteroatoms. The average Bonchev–Trinajstić information content (AvgIpc) is 2.56. The van der Waals surface area contributed by atoms with Gasteiger partial charge in [0.2, 0.25) is 0 Å². The number of benzene rings is 3. The highest BCUT2D eigenvalue weighted by atomic mass is 16.2. The minimum atomic E-state index is -0.216. The van der Waals surface area contributed by atoms with Crippen molar-refractivity contribution in [3.8, 4) is 0 Å². The third kappa shape index (κ3) is 2.98. The third-order valence-electron chi connectivity index (χ3n) is 3.23. The molecule has 1 N–H and O–H groups in total. The Balaban J connectivity index is 1.78. The number of hydrogen-bond acceptors (Lipinski definition) is 2. The second kappa shape index (κ2) is 6.01. The van der Waals surface area contributed by atoms with Crippen LogP contribution in [-0.4, -0.2) is 12.1 Å². The van der Waals surface area contributed by atoms with Crippen LogP contribution >= 0.6 is 0 Å². The van der Waals surface area contributed by atoms with E-state index in [-0.39, 0.29) is 5.91 Å². The highest BCUT2D eigenvalue weighted by molar-refractivity contribution is 6.00. The molecule has 0 spiro atoms. The van der Waals surface area contributed by atoms with E-state index >= 15 is 0 Å². The number of nitrogens with zero attached hydrogens (tertiary/aromatic N) is 1. The fourth-order valence-corrected chi connectivity index (χ4v) is 2.18. The standard InChI is InChI=1S/C18H14N2O/c21-18(15-8-2-1-3-9-15)20-19-13-16-11-6-10-14-7-4-5-12-17(14)16/h1-13H,(H,20,21). The van der Waals surface area contributed by atoms with Gasteiger partial charge in [-0.25, -0.2) is 5.43 Å². The van der Waals surface area contributed by atoms with Gasteiger partial charge in [0.1, 0.15) is 0 Å². The maximum Gasteiger partial charge on any atom is 0.271 e. The summed E-state index contributed by atoms with van der Waals surface area (Å²) >= 11 is 0. The largest absolute Gasteiger partial charge is 0.271 e. The fraction of sp³-hybridized carbons (Fsp3) is 0. The van der Waals surface area contributed by atoms with E-state index in [1.165, 1.54) is 0 Å². The molecule has 0 heterocycles. The number of hydrogen-bond donors (Lipinski definition) is 1. The summed E-state index contributed by atoms with van der Waals surface area (Å²) in [6.07, 6.45) is 1.67. The lowest BCUT2D eigenvalue weighted by molar-refractivity contribution is 0.0955. The Morgan fingerprint density at radius 1 is 0.857 bits per heavy atom. The highest BCUT2D eigenvalue weighted by Gasteiger charge is 2.02. The number of hydrazone groups is 1. The molecule has 0 bridgehead atoms. The van der Waals surface area contributed by atoms with Crippen LogP contribution in [0.2, 0.25) is 0 Å². The van der Waals surface area contributed by atoms with Crippen LogP contribution in [0.5, 0.6) is 0 Å². The lowest BCUT2D eigenvalue weighted by Gasteiger charge is -2.02. The topological polar surface area (TPSA) is 41.5 Å². The van der Waals surface area contributed by atoms with Crippen LogP contribution < -0.4 is 5.43 Å². The van der Waals surface area contributed by atoms with Gasteiger partial charge in [-0.3, -0.25) is 4.79 Å². The van der Waals surface area contributed by atoms with Crippen molar-refractivity contribution >= 4 is 22.9 Å². The van der Waals surface area contributed by atoms with E-state index in [4.69, 9.17) is 0 Å². The first-order valence-electron chi connectivity index (χ1n) is 6.71. The molecule has 0 atom stereocenters. The van der Waals surface area contributed by atoms with Gasteiger partial charge in [-0.1, -0.05) is 60.7 Å². The van der Waals surface area contributed by atoms with E-state index in [0.29, 0.717) is 5.56 Å². The molecule has 0 fully saturated rings. The minimum Gasteiger partial charge on any atom is -0.267 e. The highest BCUT2D eigenvalue weighted by Crippen LogP contribution is 2.16. The van der Waals surface area contributed by atoms with Crippen molar-refractivity contribution in [2.24, 2.45) is 5.10 Å². The van der Waals surface area contributed by atoms with Gasteiger partial charge in [-0.15, -0.1) is 0 Å². The van der Waals surface area contributed by atoms with Crippen LogP contribution in [0.3, 0.4) is 0 Å². The molecule has 0 saturated heterocycles. The molecule has 3 nitrogen and oxygen atoms in total. The maximum absolute atomic E-state index is 11.9. The monoisotopic (exact) mass is 274 g/mol. The number of carbonyl (C=O) groups is 1. The van der Waals surface area contributed by atoms with Gasteiger partial charge >= 0.3 is 0 Å². The molecule has 3 aromatic rings. The molecular formula is C18H14N2O. The molecule has 0 aliphatic rings. The SMILES string of the molecule is O=C(NN=Cc1cccc2ccccc12)c1ccccc1. The molecule has 21 heavy (non-hydrogen) atoms. The summed E-state index contributed by atoms with van der Waals surface area (Å²) in [4.78, 5) is 11.9. The van der Waals surface area contributed by atoms with E-state index in [2.05, 4.69) is 22.7 Å². The summed E-state index contributed by atoms with van der Waals surface area (Å²) in [6.45, 7) is 0. The summed E-state index contributed by atoms with van der Waals surface area (Å²) in [5, 5.41) is 6.30. The van der Waals surface area contributed by atoms with Crippen LogP contribution in [0.1, 0.15) is 15.9 Å². The molecule has 1 amide bonds. The first kappa shape index (κ1) is 13.1. The molecule has 0 radical (unpaired) electrons. The van der Waals surface area contributed by atoms with Gasteiger partial charge in [0, 0.05) is 11.1 Å². The lowest BCUT2D eigenvalue weighted by Crippen LogP contribution is -2.17. The molecular weight excluding hydrogens is 260 g/mol. The Morgan fingerprint density at radius 3 is 2.43 bits per heavy atom. The molecule has 3 aromatic carbocycles. The summed E-state index contributed by atoms with van der Waals surface area (Å²) in [7, 11) is 0. The molecule has 0 aliphatic carbocycles. The van der Waals surface area contributed by atoms with Crippen LogP contribution in [-0.2, 0) is 0 Å². The number of amides is 1. The predicted molar refractivity (Wildman–Crippen MR) is 85.5 cm³/mol. The van der Waals surface area contributed by atoms with Crippen LogP contribution in [0, 0.1) is 0 Å². The number of carbonyl (C=O) groups excluding carboxylic acids is 1. The number of nitrogens with one attached hydrogen (secondary N) is 1. The lowest BCUT2D eigenvalue weighted by atomic mass is 10.1. The zero-order valence-corrected chi connectivity index (χ0v) is 11.4. The van der Waals surface area contributed by atoms with Gasteiger partial charge in [-0.2, -0.15) is 5.10 Å². The Labute approximate surface area is 122 Å². The van der Waals surface area contributed by atoms with Gasteiger partial charge in [0.15, 0.2) is 0 Å². The first-order chi connectivity index (χ1) is 10.3. The Kier molecular flexibility index (Phi) is 3.74. The molecule has 0 unspecified atom stereocenters. The summed E-state index contributed by atoms with van der Waals surface area (Å²) in [5.74, 6) is -0.216. The van der Waals surface area contributed by atoms with Gasteiger partial charge in [-0.05, 0) is 22.9 Å². The first-order valence-corrected chi connectivity index (χ1v) is 6.71. The van der Waals surface area contributed by atoms with Crippen molar-refractivity contribution in [3.63, 3.8) is 0 Å². The fourth-order valence-electron chi connectivity index (χ4n) is 2.18. The van der Waals surface area contributed by atoms with Crippen LogP contribution in [0.15, 0.2) is 77.9 Å². The van der Waals surface area contributed by atoms with Crippen molar-refractivity contribution in [2.45, 2.75) is 0 Å². The zero-order chi connectivity index (χ0) is 14.5. The minimum absolute atomic E-state index is 0.216. The van der Waals surface area contributed by atoms with Crippen molar-refractivity contribution in [1.29, 1.82) is 0 Å². The second-order valence-electron chi connectivity index (χ2n) is 4.63. The van der Waals surface area contributed by atoms with Crippen molar-refractivity contribution in [2.75, 3.05) is 0 Å². The third-order valence-corrected chi connectivity index (χ3v) is 3.23. The van der Waals surface area contributed by atoms with Gasteiger partial charge in [0.25, 0.3) is 5.91 Å². The van der Waals surface area contributed by atoms with Gasteiger partial charge in [0.05, 0.1) is 6.21 Å². The molecule has 0 saturated carbocycles. The Hall–Kier alpha value is -2.94. The Morgan fingerprint density at radius 2 is 1.57 bits per heavy atom. The average molecular weight is 274 g/mol. The molecule has 0 aliphatic heterocycles. The number of fused-ring (bicyclic) bond motifs is 1. The quantitative estimate of drug-likeness (QED) is 0.575. The van der Waals surface area contributed by atoms with E-state index in [1.54, 1.807) is 18.3 Å². The van der Waals surface area contributed by atoms with Crippen molar-refractivity contribution < 1.29 is 4.79 Å². The van der Waals surface area contributed by atoms with Crippen molar-refractivity contribution in [1.82, 2.24) is 5.43 Å².